The van der Waals surface area contributed by atoms with Crippen LogP contribution in [0.1, 0.15) is 0 Å². The summed E-state index contributed by atoms with van der Waals surface area (Å²) in [6.07, 6.45) is 0. The van der Waals surface area contributed by atoms with Gasteiger partial charge >= 0.3 is 0 Å². The molecule has 2 heterocycles. The zero-order valence-corrected chi connectivity index (χ0v) is 12.6. The van der Waals surface area contributed by atoms with Crippen LogP contribution in [0.25, 0.3) is 27.8 Å². The lowest BCUT2D eigenvalue weighted by atomic mass is 10.1. The van der Waals surface area contributed by atoms with Gasteiger partial charge in [-0.2, -0.15) is 0 Å². The summed E-state index contributed by atoms with van der Waals surface area (Å²) in [6, 6.07) is 21.2. The third-order valence-corrected chi connectivity index (χ3v) is 4.62. The molecule has 0 unspecified atom stereocenters. The predicted molar refractivity (Wildman–Crippen MR) is 87.0 cm³/mol. The SMILES string of the molecule is Cn1c2ccccc2n2c(Br)c(-c3ccccc3)cc12. The molecule has 0 N–H and O–H groups in total. The molecule has 0 radical (unpaired) electrons. The molecule has 0 fully saturated rings. The van der Waals surface area contributed by atoms with Gasteiger partial charge in [0, 0.05) is 12.6 Å². The van der Waals surface area contributed by atoms with Crippen LogP contribution in [-0.4, -0.2) is 8.97 Å². The molecule has 0 aliphatic heterocycles. The van der Waals surface area contributed by atoms with Crippen LogP contribution in [0.4, 0.5) is 0 Å². The van der Waals surface area contributed by atoms with Gasteiger partial charge in [-0.25, -0.2) is 0 Å². The van der Waals surface area contributed by atoms with Gasteiger partial charge in [0.2, 0.25) is 0 Å². The number of benzene rings is 2. The van der Waals surface area contributed by atoms with Gasteiger partial charge in [-0.1, -0.05) is 42.5 Å². The van der Waals surface area contributed by atoms with Crippen molar-refractivity contribution in [3.05, 3.63) is 65.3 Å². The lowest BCUT2D eigenvalue weighted by Gasteiger charge is -2.00. The van der Waals surface area contributed by atoms with E-state index in [0.717, 1.165) is 4.60 Å². The lowest BCUT2D eigenvalue weighted by Crippen LogP contribution is -1.85. The van der Waals surface area contributed by atoms with Crippen LogP contribution in [0.5, 0.6) is 0 Å². The summed E-state index contributed by atoms with van der Waals surface area (Å²) in [6.45, 7) is 0. The van der Waals surface area contributed by atoms with Crippen LogP contribution in [0, 0.1) is 0 Å². The fourth-order valence-corrected chi connectivity index (χ4v) is 3.55. The van der Waals surface area contributed by atoms with Crippen molar-refractivity contribution in [2.75, 3.05) is 0 Å². The standard InChI is InChI=1S/C17H13BrN2/c1-19-14-9-5-6-10-15(14)20-16(19)11-13(17(20)18)12-7-3-2-4-8-12/h2-11H,1H3. The molecule has 0 saturated carbocycles. The van der Waals surface area contributed by atoms with Gasteiger partial charge in [-0.3, -0.25) is 4.40 Å². The summed E-state index contributed by atoms with van der Waals surface area (Å²) in [5.41, 5.74) is 6.10. The molecule has 2 aromatic carbocycles. The quantitative estimate of drug-likeness (QED) is 0.473. The second-order valence-corrected chi connectivity index (χ2v) is 5.71. The van der Waals surface area contributed by atoms with E-state index in [1.165, 1.54) is 27.8 Å². The highest BCUT2D eigenvalue weighted by Gasteiger charge is 2.15. The van der Waals surface area contributed by atoms with Gasteiger partial charge in [-0.15, -0.1) is 0 Å². The van der Waals surface area contributed by atoms with Crippen LogP contribution >= 0.6 is 15.9 Å². The van der Waals surface area contributed by atoms with Crippen LogP contribution in [-0.2, 0) is 7.05 Å². The number of rotatable bonds is 1. The minimum absolute atomic E-state index is 1.11. The Balaban J connectivity index is 2.13. The maximum atomic E-state index is 3.77. The molecule has 0 bridgehead atoms. The van der Waals surface area contributed by atoms with Crippen molar-refractivity contribution >= 4 is 32.6 Å². The first-order valence-corrected chi connectivity index (χ1v) is 7.36. The Morgan fingerprint density at radius 1 is 0.850 bits per heavy atom. The molecule has 0 aliphatic carbocycles. The number of nitrogens with zero attached hydrogens (tertiary/aromatic N) is 2. The Morgan fingerprint density at radius 3 is 2.25 bits per heavy atom. The maximum absolute atomic E-state index is 3.77. The molecule has 0 saturated heterocycles. The molecule has 2 nitrogen and oxygen atoms in total. The zero-order valence-electron chi connectivity index (χ0n) is 11.0. The molecule has 20 heavy (non-hydrogen) atoms. The third-order valence-electron chi connectivity index (χ3n) is 3.83. The molecule has 0 spiro atoms. The Morgan fingerprint density at radius 2 is 1.50 bits per heavy atom. The molecule has 2 aromatic heterocycles. The summed E-state index contributed by atoms with van der Waals surface area (Å²) < 4.78 is 5.60. The molecular formula is C17H13BrN2. The monoisotopic (exact) mass is 324 g/mol. The largest absolute Gasteiger partial charge is 0.329 e. The van der Waals surface area contributed by atoms with Crippen molar-refractivity contribution in [1.82, 2.24) is 8.97 Å². The van der Waals surface area contributed by atoms with Crippen LogP contribution < -0.4 is 0 Å². The highest BCUT2D eigenvalue weighted by atomic mass is 79.9. The molecule has 0 amide bonds. The zero-order chi connectivity index (χ0) is 13.7. The predicted octanol–water partition coefficient (Wildman–Crippen LogP) is 4.86. The molecular weight excluding hydrogens is 312 g/mol. The number of hydrogen-bond acceptors (Lipinski definition) is 0. The summed E-state index contributed by atoms with van der Waals surface area (Å²) in [7, 11) is 2.11. The highest BCUT2D eigenvalue weighted by molar-refractivity contribution is 9.10. The number of fused-ring (bicyclic) bond motifs is 3. The van der Waals surface area contributed by atoms with Crippen LogP contribution in [0.15, 0.2) is 65.3 Å². The van der Waals surface area contributed by atoms with Crippen LogP contribution in [0.2, 0.25) is 0 Å². The second kappa shape index (κ2) is 4.25. The maximum Gasteiger partial charge on any atom is 0.119 e. The number of imidazole rings is 1. The third kappa shape index (κ3) is 1.50. The molecule has 4 rings (SSSR count). The summed E-state index contributed by atoms with van der Waals surface area (Å²) in [4.78, 5) is 0. The second-order valence-electron chi connectivity index (χ2n) is 4.96. The van der Waals surface area contributed by atoms with E-state index in [4.69, 9.17) is 0 Å². The van der Waals surface area contributed by atoms with E-state index in [1.54, 1.807) is 0 Å². The van der Waals surface area contributed by atoms with E-state index < -0.39 is 0 Å². The van der Waals surface area contributed by atoms with E-state index in [2.05, 4.69) is 86.5 Å². The first-order valence-electron chi connectivity index (χ1n) is 6.57. The molecule has 4 aromatic rings. The molecule has 3 heteroatoms. The normalized spacial score (nSPS) is 11.5. The smallest absolute Gasteiger partial charge is 0.119 e. The van der Waals surface area contributed by atoms with Gasteiger partial charge in [0.1, 0.15) is 5.65 Å². The Labute approximate surface area is 125 Å². The number of aryl methyl sites for hydroxylation is 1. The topological polar surface area (TPSA) is 9.34 Å². The Kier molecular flexibility index (Phi) is 2.51. The number of para-hydroxylation sites is 2. The van der Waals surface area contributed by atoms with Crippen molar-refractivity contribution < 1.29 is 0 Å². The van der Waals surface area contributed by atoms with Crippen LogP contribution in [0.3, 0.4) is 0 Å². The van der Waals surface area contributed by atoms with E-state index in [9.17, 15) is 0 Å². The van der Waals surface area contributed by atoms with Gasteiger partial charge in [0.05, 0.1) is 15.6 Å². The average molecular weight is 325 g/mol. The van der Waals surface area contributed by atoms with Crippen molar-refractivity contribution in [2.24, 2.45) is 7.05 Å². The van der Waals surface area contributed by atoms with Gasteiger partial charge in [0.15, 0.2) is 0 Å². The summed E-state index contributed by atoms with van der Waals surface area (Å²) in [5.74, 6) is 0. The number of hydrogen-bond donors (Lipinski definition) is 0. The first kappa shape index (κ1) is 11.8. The first-order chi connectivity index (χ1) is 9.77. The van der Waals surface area contributed by atoms with Gasteiger partial charge < -0.3 is 4.57 Å². The fraction of sp³-hybridized carbons (Fsp3) is 0.0588. The van der Waals surface area contributed by atoms with Gasteiger partial charge in [0.25, 0.3) is 0 Å². The van der Waals surface area contributed by atoms with E-state index in [1.807, 2.05) is 6.07 Å². The Bertz CT molecular complexity index is 916. The van der Waals surface area contributed by atoms with E-state index in [0.29, 0.717) is 0 Å². The molecule has 0 atom stereocenters. The Hall–Kier alpha value is -2.00. The molecule has 98 valence electrons. The van der Waals surface area contributed by atoms with Crippen molar-refractivity contribution in [2.45, 2.75) is 0 Å². The minimum Gasteiger partial charge on any atom is -0.329 e. The molecule has 0 aliphatic rings. The highest BCUT2D eigenvalue weighted by Crippen LogP contribution is 2.35. The minimum atomic E-state index is 1.11. The van der Waals surface area contributed by atoms with E-state index in [-0.39, 0.29) is 0 Å². The lowest BCUT2D eigenvalue weighted by molar-refractivity contribution is 0.991. The fourth-order valence-electron chi connectivity index (χ4n) is 2.83. The van der Waals surface area contributed by atoms with E-state index >= 15 is 0 Å². The number of aromatic nitrogens is 2. The average Bonchev–Trinajstić information content (AvgIpc) is 2.98. The van der Waals surface area contributed by atoms with Gasteiger partial charge in [-0.05, 0) is 39.7 Å². The summed E-state index contributed by atoms with van der Waals surface area (Å²) in [5, 5.41) is 0. The summed E-state index contributed by atoms with van der Waals surface area (Å²) >= 11 is 3.77. The van der Waals surface area contributed by atoms with Crippen molar-refractivity contribution in [1.29, 1.82) is 0 Å². The van der Waals surface area contributed by atoms with Crippen molar-refractivity contribution in [3.63, 3.8) is 0 Å². The van der Waals surface area contributed by atoms with Crippen molar-refractivity contribution in [3.8, 4) is 11.1 Å². The number of halogens is 1.